The van der Waals surface area contributed by atoms with Crippen LogP contribution in [-0.4, -0.2) is 81.2 Å². The van der Waals surface area contributed by atoms with Crippen molar-refractivity contribution >= 4 is 17.7 Å². The Hall–Kier alpha value is -2.45. The fraction of sp³-hybridized carbons (Fsp3) is 0.625. The molecule has 3 rings (SSSR count). The van der Waals surface area contributed by atoms with E-state index in [1.54, 1.807) is 38.5 Å². The van der Waals surface area contributed by atoms with E-state index in [1.165, 1.54) is 12.0 Å². The molecule has 2 fully saturated rings. The Balaban J connectivity index is 1.93. The van der Waals surface area contributed by atoms with E-state index in [1.807, 2.05) is 4.90 Å². The van der Waals surface area contributed by atoms with Gasteiger partial charge in [0.1, 0.15) is 5.75 Å². The first-order valence-corrected chi connectivity index (χ1v) is 11.2. The predicted octanol–water partition coefficient (Wildman–Crippen LogP) is 2.15. The number of amides is 3. The van der Waals surface area contributed by atoms with Gasteiger partial charge in [-0.15, -0.1) is 0 Å². The zero-order valence-corrected chi connectivity index (χ0v) is 19.3. The third-order valence-corrected chi connectivity index (χ3v) is 6.61. The predicted molar refractivity (Wildman–Crippen MR) is 118 cm³/mol. The van der Waals surface area contributed by atoms with Crippen LogP contribution in [0.3, 0.4) is 0 Å². The minimum absolute atomic E-state index is 0.0367. The second kappa shape index (κ2) is 10.9. The quantitative estimate of drug-likeness (QED) is 0.512. The highest BCUT2D eigenvalue weighted by Crippen LogP contribution is 2.42. The highest BCUT2D eigenvalue weighted by molar-refractivity contribution is 6.10. The average Bonchev–Trinajstić information content (AvgIpc) is 3.06. The van der Waals surface area contributed by atoms with Gasteiger partial charge < -0.3 is 19.1 Å². The minimum atomic E-state index is -1.24. The lowest BCUT2D eigenvalue weighted by molar-refractivity contribution is -0.144. The van der Waals surface area contributed by atoms with E-state index in [0.29, 0.717) is 24.5 Å². The molecule has 0 radical (unpaired) electrons. The van der Waals surface area contributed by atoms with Crippen LogP contribution in [0.4, 0.5) is 0 Å². The molecule has 2 aliphatic heterocycles. The van der Waals surface area contributed by atoms with Gasteiger partial charge in [-0.25, -0.2) is 0 Å². The normalized spacial score (nSPS) is 23.7. The molecule has 0 spiro atoms. The SMILES string of the molecule is COCC[C@H]1CCCCN1C(=O)C[C@@]1(c2cccc(OC)c2)CC(=O)N(CCOC)C1=O. The zero-order chi connectivity index (χ0) is 23.1. The lowest BCUT2D eigenvalue weighted by Crippen LogP contribution is -2.48. The molecule has 2 saturated heterocycles. The molecule has 8 heteroatoms. The monoisotopic (exact) mass is 446 g/mol. The van der Waals surface area contributed by atoms with E-state index in [0.717, 1.165) is 25.7 Å². The number of carbonyl (C=O) groups is 3. The average molecular weight is 447 g/mol. The fourth-order valence-corrected chi connectivity index (χ4v) is 4.84. The summed E-state index contributed by atoms with van der Waals surface area (Å²) >= 11 is 0. The number of carbonyl (C=O) groups excluding carboxylic acids is 3. The maximum atomic E-state index is 13.6. The van der Waals surface area contributed by atoms with Crippen LogP contribution >= 0.6 is 0 Å². The Bertz CT molecular complexity index is 828. The highest BCUT2D eigenvalue weighted by Gasteiger charge is 2.54. The van der Waals surface area contributed by atoms with Gasteiger partial charge in [0.25, 0.3) is 0 Å². The number of ether oxygens (including phenoxy) is 3. The fourth-order valence-electron chi connectivity index (χ4n) is 4.84. The molecule has 8 nitrogen and oxygen atoms in total. The van der Waals surface area contributed by atoms with Crippen molar-refractivity contribution in [1.29, 1.82) is 0 Å². The molecule has 0 saturated carbocycles. The summed E-state index contributed by atoms with van der Waals surface area (Å²) in [6, 6.07) is 7.23. The number of hydrogen-bond donors (Lipinski definition) is 0. The number of nitrogens with zero attached hydrogens (tertiary/aromatic N) is 2. The lowest BCUT2D eigenvalue weighted by atomic mass is 9.75. The summed E-state index contributed by atoms with van der Waals surface area (Å²) in [5.41, 5.74) is -0.603. The molecule has 0 unspecified atom stereocenters. The van der Waals surface area contributed by atoms with Gasteiger partial charge >= 0.3 is 0 Å². The molecule has 2 atom stereocenters. The van der Waals surface area contributed by atoms with Gasteiger partial charge in [-0.05, 0) is 43.4 Å². The second-order valence-electron chi connectivity index (χ2n) is 8.53. The van der Waals surface area contributed by atoms with Crippen molar-refractivity contribution in [2.45, 2.75) is 50.0 Å². The van der Waals surface area contributed by atoms with Crippen molar-refractivity contribution in [2.24, 2.45) is 0 Å². The second-order valence-corrected chi connectivity index (χ2v) is 8.53. The Morgan fingerprint density at radius 2 is 1.91 bits per heavy atom. The first-order chi connectivity index (χ1) is 15.5. The number of imide groups is 1. The number of benzene rings is 1. The van der Waals surface area contributed by atoms with E-state index in [2.05, 4.69) is 0 Å². The van der Waals surface area contributed by atoms with Crippen LogP contribution in [0.1, 0.15) is 44.1 Å². The van der Waals surface area contributed by atoms with Crippen LogP contribution in [0, 0.1) is 0 Å². The number of methoxy groups -OCH3 is 3. The van der Waals surface area contributed by atoms with E-state index in [-0.39, 0.29) is 49.8 Å². The summed E-state index contributed by atoms with van der Waals surface area (Å²) in [4.78, 5) is 43.2. The Morgan fingerprint density at radius 3 is 2.62 bits per heavy atom. The topological polar surface area (TPSA) is 85.4 Å². The summed E-state index contributed by atoms with van der Waals surface area (Å²) in [7, 11) is 4.74. The van der Waals surface area contributed by atoms with Crippen molar-refractivity contribution in [1.82, 2.24) is 9.80 Å². The van der Waals surface area contributed by atoms with Crippen LogP contribution < -0.4 is 4.74 Å². The zero-order valence-electron chi connectivity index (χ0n) is 19.3. The Morgan fingerprint density at radius 1 is 1.12 bits per heavy atom. The van der Waals surface area contributed by atoms with Crippen molar-refractivity contribution in [3.63, 3.8) is 0 Å². The summed E-state index contributed by atoms with van der Waals surface area (Å²) < 4.78 is 15.7. The molecule has 0 bridgehead atoms. The third-order valence-electron chi connectivity index (χ3n) is 6.61. The summed E-state index contributed by atoms with van der Waals surface area (Å²) in [6.45, 7) is 1.67. The van der Waals surface area contributed by atoms with E-state index >= 15 is 0 Å². The summed E-state index contributed by atoms with van der Waals surface area (Å²) in [5.74, 6) is -0.131. The van der Waals surface area contributed by atoms with E-state index in [4.69, 9.17) is 14.2 Å². The van der Waals surface area contributed by atoms with Gasteiger partial charge in [-0.1, -0.05) is 12.1 Å². The minimum Gasteiger partial charge on any atom is -0.497 e. The molecule has 1 aromatic rings. The van der Waals surface area contributed by atoms with Crippen LogP contribution in [0.2, 0.25) is 0 Å². The number of rotatable bonds is 10. The van der Waals surface area contributed by atoms with Crippen molar-refractivity contribution in [2.75, 3.05) is 47.6 Å². The van der Waals surface area contributed by atoms with Crippen molar-refractivity contribution < 1.29 is 28.6 Å². The Labute approximate surface area is 189 Å². The van der Waals surface area contributed by atoms with Gasteiger partial charge in [0.2, 0.25) is 17.7 Å². The van der Waals surface area contributed by atoms with Crippen LogP contribution in [0.25, 0.3) is 0 Å². The van der Waals surface area contributed by atoms with E-state index < -0.39 is 5.41 Å². The standard InChI is InChI=1S/C24H34N2O6/c1-30-13-10-19-8-4-5-11-25(19)21(27)16-24(18-7-6-9-20(15-18)32-3)17-22(28)26(23(24)29)12-14-31-2/h6-7,9,15,19H,4-5,8,10-14,16-17H2,1-3H3/t19-,24+/m1/s1. The first kappa shape index (κ1) is 24.2. The number of likely N-dealkylation sites (tertiary alicyclic amines) is 2. The molecule has 0 aliphatic carbocycles. The molecule has 32 heavy (non-hydrogen) atoms. The van der Waals surface area contributed by atoms with E-state index in [9.17, 15) is 14.4 Å². The molecular weight excluding hydrogens is 412 g/mol. The van der Waals surface area contributed by atoms with Crippen molar-refractivity contribution in [3.8, 4) is 5.75 Å². The third kappa shape index (κ3) is 4.96. The van der Waals surface area contributed by atoms with Crippen LogP contribution in [-0.2, 0) is 29.3 Å². The molecule has 2 aliphatic rings. The summed E-state index contributed by atoms with van der Waals surface area (Å²) in [5, 5.41) is 0. The smallest absolute Gasteiger partial charge is 0.240 e. The number of hydrogen-bond acceptors (Lipinski definition) is 6. The largest absolute Gasteiger partial charge is 0.497 e. The first-order valence-electron chi connectivity index (χ1n) is 11.2. The van der Waals surface area contributed by atoms with Gasteiger partial charge in [-0.2, -0.15) is 0 Å². The van der Waals surface area contributed by atoms with Gasteiger partial charge in [-0.3, -0.25) is 19.3 Å². The number of piperidine rings is 1. The Kier molecular flexibility index (Phi) is 8.26. The molecule has 3 amide bonds. The maximum absolute atomic E-state index is 13.6. The molecule has 0 aromatic heterocycles. The van der Waals surface area contributed by atoms with Crippen molar-refractivity contribution in [3.05, 3.63) is 29.8 Å². The van der Waals surface area contributed by atoms with Crippen LogP contribution in [0.15, 0.2) is 24.3 Å². The van der Waals surface area contributed by atoms with Crippen LogP contribution in [0.5, 0.6) is 5.75 Å². The van der Waals surface area contributed by atoms with Gasteiger partial charge in [0, 0.05) is 46.3 Å². The molecule has 1 aromatic carbocycles. The lowest BCUT2D eigenvalue weighted by Gasteiger charge is -2.38. The molecule has 0 N–H and O–H groups in total. The molecular formula is C24H34N2O6. The summed E-state index contributed by atoms with van der Waals surface area (Å²) in [6.07, 6.45) is 3.62. The molecule has 2 heterocycles. The molecule has 176 valence electrons. The highest BCUT2D eigenvalue weighted by atomic mass is 16.5. The van der Waals surface area contributed by atoms with Gasteiger partial charge in [0.05, 0.1) is 25.7 Å². The van der Waals surface area contributed by atoms with Gasteiger partial charge in [0.15, 0.2) is 0 Å². The maximum Gasteiger partial charge on any atom is 0.240 e.